The summed E-state index contributed by atoms with van der Waals surface area (Å²) in [6, 6.07) is 1.83. The molecule has 2 aromatic rings. The van der Waals surface area contributed by atoms with Crippen LogP contribution in [0.2, 0.25) is 0 Å². The van der Waals surface area contributed by atoms with Crippen LogP contribution < -0.4 is 5.73 Å². The quantitative estimate of drug-likeness (QED) is 0.926. The molecule has 0 atom stereocenters. The third-order valence-corrected chi connectivity index (χ3v) is 4.55. The fraction of sp³-hybridized carbons (Fsp3) is 0.429. The Morgan fingerprint density at radius 2 is 2.00 bits per heavy atom. The summed E-state index contributed by atoms with van der Waals surface area (Å²) in [4.78, 5) is 10.9. The number of nitrogen functional groups attached to an aromatic ring is 1. The first kappa shape index (κ1) is 13.5. The second-order valence-electron chi connectivity index (χ2n) is 4.89. The Hall–Kier alpha value is -1.53. The summed E-state index contributed by atoms with van der Waals surface area (Å²) in [5, 5.41) is 0. The maximum Gasteiger partial charge on any atom is 0.0951 e. The van der Waals surface area contributed by atoms with Crippen molar-refractivity contribution in [3.8, 4) is 11.3 Å². The van der Waals surface area contributed by atoms with Crippen LogP contribution in [0.4, 0.5) is 5.69 Å². The zero-order chi connectivity index (χ0) is 13.8. The molecule has 0 amide bonds. The van der Waals surface area contributed by atoms with Crippen molar-refractivity contribution in [3.05, 3.63) is 31.0 Å². The van der Waals surface area contributed by atoms with E-state index in [1.54, 1.807) is 12.4 Å². The molecule has 1 aliphatic heterocycles. The van der Waals surface area contributed by atoms with Crippen molar-refractivity contribution in [2.45, 2.75) is 6.54 Å². The molecule has 0 aliphatic carbocycles. The summed E-state index contributed by atoms with van der Waals surface area (Å²) in [6.45, 7) is 4.37. The molecule has 0 unspecified atom stereocenters. The van der Waals surface area contributed by atoms with Crippen molar-refractivity contribution in [1.29, 1.82) is 0 Å². The van der Waals surface area contributed by atoms with Crippen LogP contribution in [0, 0.1) is 0 Å². The molecule has 106 valence electrons. The third-order valence-electron chi connectivity index (χ3n) is 3.60. The minimum atomic E-state index is 0.746. The van der Waals surface area contributed by atoms with Gasteiger partial charge in [-0.05, 0) is 6.07 Å². The molecule has 0 aromatic carbocycles. The van der Waals surface area contributed by atoms with Gasteiger partial charge in [0.15, 0.2) is 0 Å². The first-order chi connectivity index (χ1) is 9.84. The molecule has 0 radical (unpaired) electrons. The summed E-state index contributed by atoms with van der Waals surface area (Å²) in [7, 11) is 0. The average Bonchev–Trinajstić information content (AvgIpc) is 2.95. The Balaban J connectivity index is 1.72. The molecule has 20 heavy (non-hydrogen) atoms. The lowest BCUT2D eigenvalue weighted by Gasteiger charge is -2.26. The summed E-state index contributed by atoms with van der Waals surface area (Å²) in [5.74, 6) is 2.48. The van der Waals surface area contributed by atoms with E-state index in [0.717, 1.165) is 30.0 Å². The highest BCUT2D eigenvalue weighted by atomic mass is 32.2. The molecule has 1 saturated heterocycles. The molecule has 0 bridgehead atoms. The maximum atomic E-state index is 6.03. The van der Waals surface area contributed by atoms with Crippen molar-refractivity contribution in [3.63, 3.8) is 0 Å². The Morgan fingerprint density at radius 1 is 1.15 bits per heavy atom. The summed E-state index contributed by atoms with van der Waals surface area (Å²) < 4.78 is 2.16. The lowest BCUT2D eigenvalue weighted by atomic mass is 10.2. The van der Waals surface area contributed by atoms with Crippen molar-refractivity contribution in [2.75, 3.05) is 36.9 Å². The van der Waals surface area contributed by atoms with Crippen LogP contribution in [0.3, 0.4) is 0 Å². The molecule has 6 heteroatoms. The van der Waals surface area contributed by atoms with Crippen LogP contribution in [0.5, 0.6) is 0 Å². The number of nitrogens with zero attached hydrogens (tertiary/aromatic N) is 4. The predicted octanol–water partition coefficient (Wildman–Crippen LogP) is 1.58. The lowest BCUT2D eigenvalue weighted by molar-refractivity contribution is 0.290. The minimum Gasteiger partial charge on any atom is -0.398 e. The van der Waals surface area contributed by atoms with E-state index in [-0.39, 0.29) is 0 Å². The van der Waals surface area contributed by atoms with Crippen molar-refractivity contribution >= 4 is 17.4 Å². The van der Waals surface area contributed by atoms with Crippen molar-refractivity contribution < 1.29 is 0 Å². The largest absolute Gasteiger partial charge is 0.398 e. The van der Waals surface area contributed by atoms with E-state index in [1.807, 2.05) is 30.4 Å². The summed E-state index contributed by atoms with van der Waals surface area (Å²) in [6.07, 6.45) is 7.26. The van der Waals surface area contributed by atoms with Gasteiger partial charge < -0.3 is 10.3 Å². The van der Waals surface area contributed by atoms with E-state index in [0.29, 0.717) is 0 Å². The highest BCUT2D eigenvalue weighted by Crippen LogP contribution is 2.24. The van der Waals surface area contributed by atoms with Gasteiger partial charge in [-0.25, -0.2) is 4.98 Å². The van der Waals surface area contributed by atoms with Crippen LogP contribution >= 0.6 is 11.8 Å². The lowest BCUT2D eigenvalue weighted by Crippen LogP contribution is -2.35. The SMILES string of the molecule is Nc1ccncc1-c1cncn1CCN1CCSCC1. The zero-order valence-corrected chi connectivity index (χ0v) is 12.2. The smallest absolute Gasteiger partial charge is 0.0951 e. The maximum absolute atomic E-state index is 6.03. The second-order valence-corrected chi connectivity index (χ2v) is 6.11. The second kappa shape index (κ2) is 6.28. The van der Waals surface area contributed by atoms with Crippen LogP contribution in [0.15, 0.2) is 31.0 Å². The molecule has 3 rings (SSSR count). The molecular weight excluding hydrogens is 270 g/mol. The third kappa shape index (κ3) is 2.96. The van der Waals surface area contributed by atoms with Gasteiger partial charge in [-0.3, -0.25) is 9.88 Å². The molecule has 1 aliphatic rings. The van der Waals surface area contributed by atoms with Gasteiger partial charge in [0, 0.05) is 61.3 Å². The first-order valence-corrected chi connectivity index (χ1v) is 8.00. The van der Waals surface area contributed by atoms with Gasteiger partial charge >= 0.3 is 0 Å². The Kier molecular flexibility index (Phi) is 4.22. The van der Waals surface area contributed by atoms with Gasteiger partial charge in [0.1, 0.15) is 0 Å². The fourth-order valence-corrected chi connectivity index (χ4v) is 3.40. The normalized spacial score (nSPS) is 16.4. The number of imidazole rings is 1. The highest BCUT2D eigenvalue weighted by molar-refractivity contribution is 7.99. The molecule has 5 nitrogen and oxygen atoms in total. The molecule has 2 aromatic heterocycles. The monoisotopic (exact) mass is 289 g/mol. The van der Waals surface area contributed by atoms with E-state index in [2.05, 4.69) is 19.4 Å². The van der Waals surface area contributed by atoms with Gasteiger partial charge in [-0.2, -0.15) is 11.8 Å². The van der Waals surface area contributed by atoms with Crippen molar-refractivity contribution in [1.82, 2.24) is 19.4 Å². The Morgan fingerprint density at radius 3 is 2.80 bits per heavy atom. The number of anilines is 1. The highest BCUT2D eigenvalue weighted by Gasteiger charge is 2.12. The number of hydrogen-bond donors (Lipinski definition) is 1. The number of hydrogen-bond acceptors (Lipinski definition) is 5. The van der Waals surface area contributed by atoms with Gasteiger partial charge in [0.2, 0.25) is 0 Å². The van der Waals surface area contributed by atoms with Crippen LogP contribution in [-0.2, 0) is 6.54 Å². The van der Waals surface area contributed by atoms with E-state index in [9.17, 15) is 0 Å². The van der Waals surface area contributed by atoms with Gasteiger partial charge in [-0.1, -0.05) is 0 Å². The fourth-order valence-electron chi connectivity index (χ4n) is 2.42. The number of aromatic nitrogens is 3. The number of pyridine rings is 1. The standard InChI is InChI=1S/C14H19N5S/c15-13-1-2-16-9-12(13)14-10-17-11-19(14)4-3-18-5-7-20-8-6-18/h1-2,9-11H,3-8H2,(H2,15,16). The molecular formula is C14H19N5S. The topological polar surface area (TPSA) is 60.0 Å². The molecule has 0 spiro atoms. The number of thioether (sulfide) groups is 1. The molecule has 1 fully saturated rings. The number of nitrogens with two attached hydrogens (primary N) is 1. The predicted molar refractivity (Wildman–Crippen MR) is 83.6 cm³/mol. The Bertz CT molecular complexity index is 562. The first-order valence-electron chi connectivity index (χ1n) is 6.84. The Labute approximate surface area is 123 Å². The number of rotatable bonds is 4. The molecule has 2 N–H and O–H groups in total. The van der Waals surface area contributed by atoms with Crippen molar-refractivity contribution in [2.24, 2.45) is 0 Å². The van der Waals surface area contributed by atoms with Gasteiger partial charge in [0.05, 0.1) is 18.2 Å². The molecule has 0 saturated carbocycles. The zero-order valence-electron chi connectivity index (χ0n) is 11.4. The van der Waals surface area contributed by atoms with E-state index in [1.165, 1.54) is 24.6 Å². The van der Waals surface area contributed by atoms with Gasteiger partial charge in [-0.15, -0.1) is 0 Å². The van der Waals surface area contributed by atoms with E-state index in [4.69, 9.17) is 5.73 Å². The van der Waals surface area contributed by atoms with Crippen LogP contribution in [-0.4, -0.2) is 50.6 Å². The summed E-state index contributed by atoms with van der Waals surface area (Å²) in [5.41, 5.74) is 8.77. The van der Waals surface area contributed by atoms with Crippen LogP contribution in [0.25, 0.3) is 11.3 Å². The minimum absolute atomic E-state index is 0.746. The van der Waals surface area contributed by atoms with Crippen LogP contribution in [0.1, 0.15) is 0 Å². The molecule has 3 heterocycles. The summed E-state index contributed by atoms with van der Waals surface area (Å²) >= 11 is 2.04. The van der Waals surface area contributed by atoms with Gasteiger partial charge in [0.25, 0.3) is 0 Å². The average molecular weight is 289 g/mol. The van der Waals surface area contributed by atoms with E-state index < -0.39 is 0 Å². The van der Waals surface area contributed by atoms with E-state index >= 15 is 0 Å².